The zero-order valence-corrected chi connectivity index (χ0v) is 19.6. The van der Waals surface area contributed by atoms with Gasteiger partial charge in [-0.15, -0.1) is 0 Å². The van der Waals surface area contributed by atoms with Crippen molar-refractivity contribution in [1.29, 1.82) is 0 Å². The van der Waals surface area contributed by atoms with Gasteiger partial charge in [-0.3, -0.25) is 0 Å². The Morgan fingerprint density at radius 3 is 1.52 bits per heavy atom. The van der Waals surface area contributed by atoms with E-state index in [1.54, 1.807) is 0 Å². The van der Waals surface area contributed by atoms with E-state index in [9.17, 15) is 0 Å². The Bertz CT molecular complexity index is 1050. The fourth-order valence-electron chi connectivity index (χ4n) is 3.11. The molecule has 0 unspecified atom stereocenters. The first-order valence-corrected chi connectivity index (χ1v) is 8.67. The third-order valence-corrected chi connectivity index (χ3v) is 6.83. The Labute approximate surface area is 169 Å². The summed E-state index contributed by atoms with van der Waals surface area (Å²) in [5.41, 5.74) is 0. The van der Waals surface area contributed by atoms with Gasteiger partial charge in [0.25, 0.3) is 0 Å². The van der Waals surface area contributed by atoms with Crippen LogP contribution in [-0.2, 0) is 42.1 Å². The summed E-state index contributed by atoms with van der Waals surface area (Å²) in [5, 5.41) is 8.19. The van der Waals surface area contributed by atoms with E-state index >= 15 is 0 Å². The van der Waals surface area contributed by atoms with Crippen molar-refractivity contribution in [2.24, 2.45) is 0 Å². The zero-order chi connectivity index (χ0) is 13.8. The molecule has 0 saturated carbocycles. The Balaban J connectivity index is 0.000000781. The minimum atomic E-state index is 0. The van der Waals surface area contributed by atoms with Crippen LogP contribution in [0.3, 0.4) is 0 Å². The first-order chi connectivity index (χ1) is 10.4. The third kappa shape index (κ3) is 2.59. The van der Waals surface area contributed by atoms with Crippen LogP contribution in [0.25, 0.3) is 40.8 Å². The molecule has 0 atom stereocenters. The second kappa shape index (κ2) is 6.66. The van der Waals surface area contributed by atoms with Gasteiger partial charge >= 0.3 is 128 Å². The monoisotopic (exact) mass is 698 g/mol. The molecule has 0 aliphatic carbocycles. The average molecular weight is 697 g/mol. The van der Waals surface area contributed by atoms with Crippen LogP contribution in [0, 0.1) is 12.1 Å². The van der Waals surface area contributed by atoms with Crippen LogP contribution >= 0.6 is 0 Å². The van der Waals surface area contributed by atoms with Gasteiger partial charge in [0.15, 0.2) is 0 Å². The minimum absolute atomic E-state index is 0. The van der Waals surface area contributed by atoms with Crippen molar-refractivity contribution < 1.29 is 42.1 Å². The maximum absolute atomic E-state index is 3.18. The number of fused-ring (bicyclic) bond motifs is 7. The molecule has 5 rings (SSSR count). The number of rotatable bonds is 0. The van der Waals surface area contributed by atoms with Crippen molar-refractivity contribution in [2.75, 3.05) is 0 Å². The van der Waals surface area contributed by atoms with Gasteiger partial charge in [-0.05, 0) is 0 Å². The normalized spacial score (nSPS) is 10.8. The van der Waals surface area contributed by atoms with E-state index in [1.807, 2.05) is 12.1 Å². The molecule has 23 heavy (non-hydrogen) atoms. The Morgan fingerprint density at radius 1 is 0.565 bits per heavy atom. The van der Waals surface area contributed by atoms with Crippen LogP contribution in [0.1, 0.15) is 0 Å². The van der Waals surface area contributed by atoms with E-state index < -0.39 is 0 Å². The molecular weight excluding hydrogens is 687 g/mol. The summed E-state index contributed by atoms with van der Waals surface area (Å²) in [6.07, 6.45) is 0. The van der Waals surface area contributed by atoms with Crippen molar-refractivity contribution in [3.8, 4) is 0 Å². The summed E-state index contributed by atoms with van der Waals surface area (Å²) < 4.78 is 3.04. The molecule has 0 fully saturated rings. The van der Waals surface area contributed by atoms with Crippen molar-refractivity contribution in [3.05, 3.63) is 72.8 Å². The zero-order valence-electron chi connectivity index (χ0n) is 12.0. The standard InChI is InChI=1S/C20H10Se.2W/c1-3-7-15-13(5-1)9-11-17-18-12-10-14-6-2-4-8-16(14)20(18)21-19(15)17;;/h3-12H;;/q-2;;. The predicted octanol–water partition coefficient (Wildman–Crippen LogP) is 4.95. The van der Waals surface area contributed by atoms with E-state index in [-0.39, 0.29) is 42.1 Å². The third-order valence-electron chi connectivity index (χ3n) is 4.12. The van der Waals surface area contributed by atoms with Crippen LogP contribution < -0.4 is 0 Å². The van der Waals surface area contributed by atoms with Gasteiger partial charge in [-0.1, -0.05) is 0 Å². The molecule has 4 aromatic carbocycles. The molecule has 0 aliphatic rings. The maximum atomic E-state index is 3.18. The molecule has 0 bridgehead atoms. The van der Waals surface area contributed by atoms with Gasteiger partial charge in [0.05, 0.1) is 0 Å². The second-order valence-corrected chi connectivity index (χ2v) is 7.42. The van der Waals surface area contributed by atoms with E-state index in [0.29, 0.717) is 14.5 Å². The molecule has 0 saturated heterocycles. The SMILES string of the molecule is [W].[W].[c-]1ccc2c(c1)ccc1c3ccc4c[c-]ccc4c3[se]c21. The molecule has 1 heterocycles. The summed E-state index contributed by atoms with van der Waals surface area (Å²) >= 11 is 0.367. The van der Waals surface area contributed by atoms with E-state index in [4.69, 9.17) is 0 Å². The average Bonchev–Trinajstić information content (AvgIpc) is 2.94. The molecule has 1 aromatic heterocycles. The molecule has 0 N–H and O–H groups in total. The summed E-state index contributed by atoms with van der Waals surface area (Å²) in [7, 11) is 0. The van der Waals surface area contributed by atoms with Gasteiger partial charge in [-0.25, -0.2) is 0 Å². The molecule has 5 aromatic rings. The van der Waals surface area contributed by atoms with Crippen molar-refractivity contribution >= 4 is 55.3 Å². The molecule has 0 nitrogen and oxygen atoms in total. The van der Waals surface area contributed by atoms with E-state index in [0.717, 1.165) is 0 Å². The topological polar surface area (TPSA) is 0 Å². The number of benzene rings is 4. The van der Waals surface area contributed by atoms with E-state index in [1.165, 1.54) is 40.8 Å². The molecule has 110 valence electrons. The van der Waals surface area contributed by atoms with Gasteiger partial charge in [-0.2, -0.15) is 0 Å². The summed E-state index contributed by atoms with van der Waals surface area (Å²) in [4.78, 5) is 0. The predicted molar refractivity (Wildman–Crippen MR) is 91.1 cm³/mol. The summed E-state index contributed by atoms with van der Waals surface area (Å²) in [5.74, 6) is 0. The fourth-order valence-corrected chi connectivity index (χ4v) is 5.99. The van der Waals surface area contributed by atoms with Gasteiger partial charge in [0, 0.05) is 42.1 Å². The van der Waals surface area contributed by atoms with Crippen LogP contribution in [0.4, 0.5) is 0 Å². The molecule has 0 spiro atoms. The summed E-state index contributed by atoms with van der Waals surface area (Å²) in [6.45, 7) is 0. The van der Waals surface area contributed by atoms with Gasteiger partial charge in [0.1, 0.15) is 0 Å². The molecule has 0 radical (unpaired) electrons. The number of hydrogen-bond donors (Lipinski definition) is 0. The van der Waals surface area contributed by atoms with Gasteiger partial charge in [0.2, 0.25) is 0 Å². The second-order valence-electron chi connectivity index (χ2n) is 5.28. The van der Waals surface area contributed by atoms with Gasteiger partial charge < -0.3 is 0 Å². The fraction of sp³-hybridized carbons (Fsp3) is 0. The molecule has 3 heteroatoms. The van der Waals surface area contributed by atoms with Crippen LogP contribution in [0.15, 0.2) is 60.7 Å². The van der Waals surface area contributed by atoms with Crippen molar-refractivity contribution in [3.63, 3.8) is 0 Å². The van der Waals surface area contributed by atoms with E-state index in [2.05, 4.69) is 60.7 Å². The Kier molecular flexibility index (Phi) is 4.96. The quantitative estimate of drug-likeness (QED) is 0.159. The Morgan fingerprint density at radius 2 is 1.04 bits per heavy atom. The Hall–Kier alpha value is -0.704. The first-order valence-electron chi connectivity index (χ1n) is 6.96. The summed E-state index contributed by atoms with van der Waals surface area (Å²) in [6, 6.07) is 28.0. The molecular formula is C20H10SeW2-2. The van der Waals surface area contributed by atoms with Crippen LogP contribution in [-0.4, -0.2) is 14.5 Å². The van der Waals surface area contributed by atoms with Crippen LogP contribution in [0.2, 0.25) is 0 Å². The van der Waals surface area contributed by atoms with Crippen molar-refractivity contribution in [1.82, 2.24) is 0 Å². The molecule has 0 aliphatic heterocycles. The van der Waals surface area contributed by atoms with Crippen molar-refractivity contribution in [2.45, 2.75) is 0 Å². The first kappa shape index (κ1) is 17.1. The van der Waals surface area contributed by atoms with Crippen LogP contribution in [0.5, 0.6) is 0 Å². The molecule has 0 amide bonds. The number of hydrogen-bond acceptors (Lipinski definition) is 0.